The maximum atomic E-state index is 12.8. The van der Waals surface area contributed by atoms with E-state index in [0.29, 0.717) is 17.9 Å². The monoisotopic (exact) mass is 393 g/mol. The van der Waals surface area contributed by atoms with Crippen LogP contribution in [0.25, 0.3) is 0 Å². The summed E-state index contributed by atoms with van der Waals surface area (Å²) in [5, 5.41) is 1.39. The molecule has 1 amide bonds. The summed E-state index contributed by atoms with van der Waals surface area (Å²) in [6, 6.07) is 10.4. The Balaban J connectivity index is 2.10. The van der Waals surface area contributed by atoms with Crippen LogP contribution in [0.2, 0.25) is 0 Å². The Hall–Kier alpha value is -2.91. The summed E-state index contributed by atoms with van der Waals surface area (Å²) < 4.78 is 86.0. The molecule has 0 aliphatic heterocycles. The molecule has 0 saturated carbocycles. The van der Waals surface area contributed by atoms with Gasteiger partial charge in [-0.05, 0) is 30.3 Å². The van der Waals surface area contributed by atoms with Crippen LogP contribution in [-0.4, -0.2) is 25.3 Å². The minimum Gasteiger partial charge on any atom is -0.490 e. The number of nitrogens with one attached hydrogen (secondary N) is 1. The van der Waals surface area contributed by atoms with Crippen LogP contribution in [0.15, 0.2) is 48.5 Å². The van der Waals surface area contributed by atoms with E-state index in [1.807, 2.05) is 0 Å². The van der Waals surface area contributed by atoms with Gasteiger partial charge in [-0.15, -0.1) is 0 Å². The summed E-state index contributed by atoms with van der Waals surface area (Å²) >= 11 is 0. The first kappa shape index (κ1) is 20.4. The molecule has 0 atom stereocenters. The predicted molar refractivity (Wildman–Crippen MR) is 83.6 cm³/mol. The fourth-order valence-corrected chi connectivity index (χ4v) is 1.95. The largest absolute Gasteiger partial charge is 0.490 e. The number of anilines is 1. The van der Waals surface area contributed by atoms with E-state index in [-0.39, 0.29) is 19.0 Å². The maximum absolute atomic E-state index is 12.8. The number of rotatable bonds is 6. The van der Waals surface area contributed by atoms with Crippen molar-refractivity contribution in [1.29, 1.82) is 0 Å². The number of carbonyl (C=O) groups is 1. The van der Waals surface area contributed by atoms with E-state index in [2.05, 4.69) is 0 Å². The SMILES string of the molecule is O=C(Nc1cc(C(F)(F)F)ccc1OCCOc1ccccc1)C(F)(F)F. The normalized spacial score (nSPS) is 11.8. The van der Waals surface area contributed by atoms with Gasteiger partial charge in [-0.1, -0.05) is 18.2 Å². The molecule has 2 aromatic carbocycles. The number of hydrogen-bond donors (Lipinski definition) is 1. The second kappa shape index (κ2) is 8.19. The molecule has 4 nitrogen and oxygen atoms in total. The van der Waals surface area contributed by atoms with Crippen molar-refractivity contribution in [2.45, 2.75) is 12.4 Å². The van der Waals surface area contributed by atoms with Gasteiger partial charge in [-0.25, -0.2) is 0 Å². The second-order valence-corrected chi connectivity index (χ2v) is 5.17. The van der Waals surface area contributed by atoms with Crippen LogP contribution in [0.5, 0.6) is 11.5 Å². The van der Waals surface area contributed by atoms with Gasteiger partial charge in [0, 0.05) is 0 Å². The molecule has 2 aromatic rings. The first-order valence-corrected chi connectivity index (χ1v) is 7.47. The number of benzene rings is 2. The van der Waals surface area contributed by atoms with Gasteiger partial charge in [0.05, 0.1) is 11.3 Å². The van der Waals surface area contributed by atoms with E-state index < -0.39 is 29.5 Å². The van der Waals surface area contributed by atoms with Crippen molar-refractivity contribution in [2.75, 3.05) is 18.5 Å². The van der Waals surface area contributed by atoms with Crippen LogP contribution >= 0.6 is 0 Å². The lowest BCUT2D eigenvalue weighted by Gasteiger charge is -2.16. The Morgan fingerprint density at radius 3 is 2.11 bits per heavy atom. The van der Waals surface area contributed by atoms with Crippen molar-refractivity contribution in [1.82, 2.24) is 0 Å². The van der Waals surface area contributed by atoms with E-state index in [1.54, 1.807) is 30.3 Å². The van der Waals surface area contributed by atoms with E-state index >= 15 is 0 Å². The van der Waals surface area contributed by atoms with Crippen LogP contribution in [0.3, 0.4) is 0 Å². The number of amides is 1. The molecule has 146 valence electrons. The number of ether oxygens (including phenoxy) is 2. The zero-order valence-electron chi connectivity index (χ0n) is 13.5. The second-order valence-electron chi connectivity index (χ2n) is 5.17. The van der Waals surface area contributed by atoms with Crippen molar-refractivity contribution in [2.24, 2.45) is 0 Å². The Bertz CT molecular complexity index is 774. The molecule has 0 bridgehead atoms. The molecule has 1 N–H and O–H groups in total. The number of para-hydroxylation sites is 1. The fraction of sp³-hybridized carbons (Fsp3) is 0.235. The molecule has 10 heteroatoms. The maximum Gasteiger partial charge on any atom is 0.471 e. The molecule has 2 rings (SSSR count). The highest BCUT2D eigenvalue weighted by Gasteiger charge is 2.39. The zero-order valence-corrected chi connectivity index (χ0v) is 13.5. The predicted octanol–water partition coefficient (Wildman–Crippen LogP) is 4.66. The molecule has 0 heterocycles. The number of hydrogen-bond acceptors (Lipinski definition) is 3. The fourth-order valence-electron chi connectivity index (χ4n) is 1.95. The topological polar surface area (TPSA) is 47.6 Å². The highest BCUT2D eigenvalue weighted by atomic mass is 19.4. The number of alkyl halides is 6. The third-order valence-corrected chi connectivity index (χ3v) is 3.17. The van der Waals surface area contributed by atoms with E-state index in [1.165, 1.54) is 5.32 Å². The molecular formula is C17H13F6NO3. The summed E-state index contributed by atoms with van der Waals surface area (Å²) in [5.74, 6) is -2.25. The van der Waals surface area contributed by atoms with Gasteiger partial charge in [-0.3, -0.25) is 4.79 Å². The smallest absolute Gasteiger partial charge is 0.471 e. The molecule has 0 unspecified atom stereocenters. The van der Waals surface area contributed by atoms with Gasteiger partial charge >= 0.3 is 18.3 Å². The molecule has 0 spiro atoms. The Morgan fingerprint density at radius 1 is 0.889 bits per heavy atom. The van der Waals surface area contributed by atoms with Gasteiger partial charge in [0.15, 0.2) is 0 Å². The zero-order chi connectivity index (χ0) is 20.1. The van der Waals surface area contributed by atoms with Crippen molar-refractivity contribution in [3.05, 3.63) is 54.1 Å². The number of halogens is 6. The average Bonchev–Trinajstić information content (AvgIpc) is 2.59. The van der Waals surface area contributed by atoms with Crippen LogP contribution in [0.1, 0.15) is 5.56 Å². The average molecular weight is 393 g/mol. The summed E-state index contributed by atoms with van der Waals surface area (Å²) in [4.78, 5) is 11.1. The molecule has 0 saturated heterocycles. The first-order chi connectivity index (χ1) is 12.6. The summed E-state index contributed by atoms with van der Waals surface area (Å²) in [5.41, 5.74) is -1.97. The van der Waals surface area contributed by atoms with Crippen molar-refractivity contribution < 1.29 is 40.6 Å². The van der Waals surface area contributed by atoms with E-state index in [0.717, 1.165) is 6.07 Å². The first-order valence-electron chi connectivity index (χ1n) is 7.47. The molecular weight excluding hydrogens is 380 g/mol. The third kappa shape index (κ3) is 6.08. The Morgan fingerprint density at radius 2 is 1.52 bits per heavy atom. The van der Waals surface area contributed by atoms with Crippen LogP contribution < -0.4 is 14.8 Å². The summed E-state index contributed by atoms with van der Waals surface area (Å²) in [6.45, 7) is -0.188. The highest BCUT2D eigenvalue weighted by molar-refractivity contribution is 5.96. The lowest BCUT2D eigenvalue weighted by Crippen LogP contribution is -2.30. The minimum atomic E-state index is -5.26. The number of carbonyl (C=O) groups excluding carboxylic acids is 1. The third-order valence-electron chi connectivity index (χ3n) is 3.17. The van der Waals surface area contributed by atoms with E-state index in [9.17, 15) is 31.1 Å². The van der Waals surface area contributed by atoms with Crippen molar-refractivity contribution in [3.8, 4) is 11.5 Å². The Labute approximate surface area is 149 Å². The molecule has 0 fully saturated rings. The van der Waals surface area contributed by atoms with Gasteiger partial charge in [-0.2, -0.15) is 26.3 Å². The van der Waals surface area contributed by atoms with Gasteiger partial charge in [0.2, 0.25) is 0 Å². The standard InChI is InChI=1S/C17H13F6NO3/c18-16(19,20)11-6-7-14(13(10-11)24-15(25)17(21,22)23)27-9-8-26-12-4-2-1-3-5-12/h1-7,10H,8-9H2,(H,24,25). The van der Waals surface area contributed by atoms with Crippen LogP contribution in [0.4, 0.5) is 32.0 Å². The molecule has 0 radical (unpaired) electrons. The van der Waals surface area contributed by atoms with Crippen LogP contribution in [-0.2, 0) is 11.0 Å². The molecule has 0 aromatic heterocycles. The molecule has 27 heavy (non-hydrogen) atoms. The van der Waals surface area contributed by atoms with Gasteiger partial charge in [0.25, 0.3) is 0 Å². The van der Waals surface area contributed by atoms with E-state index in [4.69, 9.17) is 9.47 Å². The lowest BCUT2D eigenvalue weighted by molar-refractivity contribution is -0.167. The summed E-state index contributed by atoms with van der Waals surface area (Å²) in [6.07, 6.45) is -10.1. The van der Waals surface area contributed by atoms with Crippen molar-refractivity contribution >= 4 is 11.6 Å². The van der Waals surface area contributed by atoms with Gasteiger partial charge < -0.3 is 14.8 Å². The minimum absolute atomic E-state index is 0.0162. The summed E-state index contributed by atoms with van der Waals surface area (Å²) in [7, 11) is 0. The van der Waals surface area contributed by atoms with Crippen LogP contribution in [0, 0.1) is 0 Å². The Kier molecular flexibility index (Phi) is 6.19. The lowest BCUT2D eigenvalue weighted by atomic mass is 10.1. The molecule has 0 aliphatic rings. The quantitative estimate of drug-likeness (QED) is 0.574. The van der Waals surface area contributed by atoms with Gasteiger partial charge in [0.1, 0.15) is 24.7 Å². The highest BCUT2D eigenvalue weighted by Crippen LogP contribution is 2.35. The molecule has 0 aliphatic carbocycles. The van der Waals surface area contributed by atoms with Crippen molar-refractivity contribution in [3.63, 3.8) is 0 Å².